The van der Waals surface area contributed by atoms with E-state index in [1.54, 1.807) is 14.1 Å². The molecule has 11 nitrogen and oxygen atoms in total. The second-order valence-electron chi connectivity index (χ2n) is 12.4. The van der Waals surface area contributed by atoms with Gasteiger partial charge in [0.25, 0.3) is 5.91 Å². The first kappa shape index (κ1) is 28.4. The van der Waals surface area contributed by atoms with Crippen LogP contribution in [0, 0.1) is 11.8 Å². The number of likely N-dealkylation sites (N-methyl/N-ethyl adjacent to an activating group) is 2. The molecule has 4 aliphatic rings. The maximum absolute atomic E-state index is 14.0. The summed E-state index contributed by atoms with van der Waals surface area (Å²) >= 11 is 0. The summed E-state index contributed by atoms with van der Waals surface area (Å²) in [6.07, 6.45) is 0.329. The van der Waals surface area contributed by atoms with Gasteiger partial charge in [-0.3, -0.25) is 24.2 Å². The quantitative estimate of drug-likeness (QED) is 0.329. The first-order chi connectivity index (χ1) is 19.8. The highest BCUT2D eigenvalue weighted by molar-refractivity contribution is 6.24. The Hall–Kier alpha value is -3.77. The van der Waals surface area contributed by atoms with Gasteiger partial charge < -0.3 is 31.1 Å². The van der Waals surface area contributed by atoms with Crippen molar-refractivity contribution in [3.8, 4) is 5.75 Å². The third-order valence-electron chi connectivity index (χ3n) is 9.59. The second kappa shape index (κ2) is 9.91. The average molecular weight is 577 g/mol. The highest BCUT2D eigenvalue weighted by atomic mass is 16.3. The summed E-state index contributed by atoms with van der Waals surface area (Å²) in [6.45, 7) is 4.53. The zero-order chi connectivity index (χ0) is 30.2. The Balaban J connectivity index is 1.45. The summed E-state index contributed by atoms with van der Waals surface area (Å²) < 4.78 is 0. The van der Waals surface area contributed by atoms with Crippen molar-refractivity contribution in [3.63, 3.8) is 0 Å². The predicted molar refractivity (Wildman–Crippen MR) is 155 cm³/mol. The molecular weight excluding hydrogens is 540 g/mol. The lowest BCUT2D eigenvalue weighted by Gasteiger charge is -2.50. The summed E-state index contributed by atoms with van der Waals surface area (Å²) in [5.41, 5.74) is 3.52. The molecule has 1 aliphatic heterocycles. The van der Waals surface area contributed by atoms with Crippen LogP contribution in [-0.2, 0) is 27.3 Å². The van der Waals surface area contributed by atoms with Crippen LogP contribution in [0.1, 0.15) is 23.1 Å². The molecule has 3 aliphatic carbocycles. The number of fused-ring (bicyclic) bond motifs is 4. The van der Waals surface area contributed by atoms with Crippen LogP contribution in [0.2, 0.25) is 0 Å². The van der Waals surface area contributed by atoms with E-state index in [9.17, 15) is 34.8 Å². The lowest BCUT2D eigenvalue weighted by atomic mass is 9.57. The molecule has 6 rings (SSSR count). The number of phenolic OH excluding ortho intramolecular Hbond substituents is 1. The van der Waals surface area contributed by atoms with Crippen LogP contribution < -0.4 is 5.73 Å². The van der Waals surface area contributed by atoms with Crippen LogP contribution in [0.3, 0.4) is 0 Å². The van der Waals surface area contributed by atoms with Gasteiger partial charge in [-0.05, 0) is 62.5 Å². The van der Waals surface area contributed by atoms with Crippen LogP contribution >= 0.6 is 0 Å². The third kappa shape index (κ3) is 4.06. The number of aliphatic hydroxyl groups excluding tert-OH is 2. The normalized spacial score (nSPS) is 28.7. The van der Waals surface area contributed by atoms with Crippen LogP contribution in [0.5, 0.6) is 5.75 Å². The van der Waals surface area contributed by atoms with Gasteiger partial charge >= 0.3 is 0 Å². The second-order valence-corrected chi connectivity index (χ2v) is 12.4. The number of nitrogens with two attached hydrogens (primary N) is 1. The minimum absolute atomic E-state index is 0.0640. The molecule has 0 aromatic heterocycles. The Kier molecular flexibility index (Phi) is 6.69. The smallest absolute Gasteiger partial charge is 0.255 e. The molecule has 0 spiro atoms. The summed E-state index contributed by atoms with van der Waals surface area (Å²) in [7, 11) is 5.25. The monoisotopic (exact) mass is 576 g/mol. The molecule has 4 atom stereocenters. The van der Waals surface area contributed by atoms with Crippen LogP contribution in [0.4, 0.5) is 0 Å². The largest absolute Gasteiger partial charge is 0.508 e. The Morgan fingerprint density at radius 2 is 1.79 bits per heavy atom. The number of aliphatic hydroxyl groups is 3. The SMILES string of the molecule is CN1CCN(Cc2ccc3cc4c(c(O)c3c2)C(O)=C2C(=O)[C@]3(O)C(O)=C(C(N)=O)C(=O)[C@@H](N(C)C)[C@@H]3C[C@@H]2C4)CC1. The molecule has 6 N–H and O–H groups in total. The molecule has 1 amide bonds. The number of rotatable bonds is 4. The number of piperazine rings is 1. The fourth-order valence-corrected chi connectivity index (χ4v) is 7.42. The number of amides is 1. The zero-order valence-corrected chi connectivity index (χ0v) is 23.9. The lowest BCUT2D eigenvalue weighted by Crippen LogP contribution is -2.65. The maximum Gasteiger partial charge on any atom is 0.255 e. The summed E-state index contributed by atoms with van der Waals surface area (Å²) in [4.78, 5) is 45.5. The zero-order valence-electron chi connectivity index (χ0n) is 23.9. The molecule has 1 saturated heterocycles. The Labute approximate surface area is 243 Å². The summed E-state index contributed by atoms with van der Waals surface area (Å²) in [5.74, 6) is -6.46. The molecule has 1 saturated carbocycles. The molecule has 1 heterocycles. The minimum atomic E-state index is -2.65. The van der Waals surface area contributed by atoms with E-state index in [0.29, 0.717) is 17.5 Å². The number of benzene rings is 2. The molecule has 11 heteroatoms. The van der Waals surface area contributed by atoms with Crippen molar-refractivity contribution < 1.29 is 34.8 Å². The Morgan fingerprint density at radius 3 is 2.43 bits per heavy atom. The number of nitrogens with zero attached hydrogens (tertiary/aromatic N) is 3. The van der Waals surface area contributed by atoms with Gasteiger partial charge in [0.1, 0.15) is 22.8 Å². The molecule has 2 aromatic carbocycles. The lowest BCUT2D eigenvalue weighted by molar-refractivity contribution is -0.153. The van der Waals surface area contributed by atoms with Crippen LogP contribution in [0.15, 0.2) is 41.2 Å². The molecule has 2 fully saturated rings. The van der Waals surface area contributed by atoms with Crippen molar-refractivity contribution in [2.24, 2.45) is 17.6 Å². The van der Waals surface area contributed by atoms with Crippen LogP contribution in [0.25, 0.3) is 16.5 Å². The Bertz CT molecular complexity index is 1600. The summed E-state index contributed by atoms with van der Waals surface area (Å²) in [5, 5.41) is 47.1. The van der Waals surface area contributed by atoms with Gasteiger partial charge in [0.2, 0.25) is 5.78 Å². The van der Waals surface area contributed by atoms with E-state index in [4.69, 9.17) is 5.73 Å². The number of ketones is 2. The fourth-order valence-electron chi connectivity index (χ4n) is 7.42. The third-order valence-corrected chi connectivity index (χ3v) is 9.59. The van der Waals surface area contributed by atoms with Crippen molar-refractivity contribution in [1.29, 1.82) is 0 Å². The van der Waals surface area contributed by atoms with Crippen molar-refractivity contribution in [3.05, 3.63) is 57.9 Å². The molecule has 42 heavy (non-hydrogen) atoms. The van der Waals surface area contributed by atoms with E-state index in [1.807, 2.05) is 24.3 Å². The topological polar surface area (TPSA) is 168 Å². The van der Waals surface area contributed by atoms with Crippen molar-refractivity contribution in [2.75, 3.05) is 47.3 Å². The number of phenols is 1. The number of Topliss-reactive ketones (excluding diaryl/α,β-unsaturated/α-hetero) is 2. The maximum atomic E-state index is 14.0. The average Bonchev–Trinajstić information content (AvgIpc) is 2.92. The minimum Gasteiger partial charge on any atom is -0.508 e. The first-order valence-electron chi connectivity index (χ1n) is 14.2. The van der Waals surface area contributed by atoms with Crippen molar-refractivity contribution in [1.82, 2.24) is 14.7 Å². The number of hydrogen-bond acceptors (Lipinski definition) is 10. The van der Waals surface area contributed by atoms with E-state index in [2.05, 4.69) is 16.8 Å². The van der Waals surface area contributed by atoms with Gasteiger partial charge in [0.15, 0.2) is 11.4 Å². The van der Waals surface area contributed by atoms with Crippen molar-refractivity contribution in [2.45, 2.75) is 31.0 Å². The Morgan fingerprint density at radius 1 is 1.10 bits per heavy atom. The predicted octanol–water partition coefficient (Wildman–Crippen LogP) is 0.865. The highest BCUT2D eigenvalue weighted by Crippen LogP contribution is 2.53. The van der Waals surface area contributed by atoms with Gasteiger partial charge in [-0.25, -0.2) is 0 Å². The van der Waals surface area contributed by atoms with E-state index in [0.717, 1.165) is 37.1 Å². The van der Waals surface area contributed by atoms with Gasteiger partial charge in [0.05, 0.1) is 11.6 Å². The van der Waals surface area contributed by atoms with Crippen molar-refractivity contribution >= 4 is 34.0 Å². The van der Waals surface area contributed by atoms with Gasteiger partial charge in [0, 0.05) is 49.6 Å². The van der Waals surface area contributed by atoms with Gasteiger partial charge in [-0.2, -0.15) is 0 Å². The van der Waals surface area contributed by atoms with E-state index >= 15 is 0 Å². The molecule has 0 radical (unpaired) electrons. The van der Waals surface area contributed by atoms with E-state index < -0.39 is 58.0 Å². The highest BCUT2D eigenvalue weighted by Gasteiger charge is 2.64. The molecule has 2 aromatic rings. The number of hydrogen-bond donors (Lipinski definition) is 5. The first-order valence-corrected chi connectivity index (χ1v) is 14.2. The molecule has 0 bridgehead atoms. The fraction of sp³-hybridized carbons (Fsp3) is 0.452. The van der Waals surface area contributed by atoms with E-state index in [1.165, 1.54) is 4.90 Å². The number of primary amides is 1. The van der Waals surface area contributed by atoms with Crippen LogP contribution in [-0.4, -0.2) is 112 Å². The number of aromatic hydroxyl groups is 1. The number of carbonyl (C=O) groups excluding carboxylic acids is 3. The molecule has 0 unspecified atom stereocenters. The standard InChI is InChI=1S/C31H36N4O7/c1-33(2)24-20-13-18-12-17-11-16-5-4-15(14-35-8-6-34(3)7-9-35)10-19(16)25(36)21(17)26(37)22(18)28(39)31(20,42)29(40)23(27(24)38)30(32)41/h4-5,10-11,18,20,24,36-37,40,42H,6-9,12-14H2,1-3H3,(H2,32,41)/t18-,20-,24-,31-/m0/s1. The molecule has 222 valence electrons. The van der Waals surface area contributed by atoms with Gasteiger partial charge in [-0.15, -0.1) is 0 Å². The van der Waals surface area contributed by atoms with E-state index in [-0.39, 0.29) is 29.7 Å². The summed E-state index contributed by atoms with van der Waals surface area (Å²) in [6, 6.07) is 6.65. The van der Waals surface area contributed by atoms with Gasteiger partial charge in [-0.1, -0.05) is 18.2 Å². The number of carbonyl (C=O) groups is 3. The molecular formula is C31H36N4O7.